The topological polar surface area (TPSA) is 69.7 Å². The lowest BCUT2D eigenvalue weighted by Gasteiger charge is -2.26. The molecule has 0 saturated carbocycles. The summed E-state index contributed by atoms with van der Waals surface area (Å²) < 4.78 is 28.0. The van der Waals surface area contributed by atoms with Crippen LogP contribution in [0.15, 0.2) is 47.4 Å². The van der Waals surface area contributed by atoms with Crippen LogP contribution in [0.3, 0.4) is 0 Å². The number of carbonyl (C=O) groups is 1. The van der Waals surface area contributed by atoms with E-state index in [2.05, 4.69) is 10.2 Å². The van der Waals surface area contributed by atoms with Crippen LogP contribution in [0.4, 0.5) is 5.69 Å². The number of sulfonamides is 1. The largest absolute Gasteiger partial charge is 0.354 e. The first-order valence-corrected chi connectivity index (χ1v) is 12.4. The van der Waals surface area contributed by atoms with E-state index in [0.717, 1.165) is 35.9 Å². The molecule has 1 N–H and O–H groups in total. The van der Waals surface area contributed by atoms with Gasteiger partial charge in [0.2, 0.25) is 5.91 Å². The molecule has 3 rings (SSSR count). The maximum Gasteiger partial charge on any atom is 0.264 e. The normalized spacial score (nSPS) is 14.5. The molecule has 1 aliphatic heterocycles. The predicted octanol–water partition coefficient (Wildman–Crippen LogP) is 3.75. The summed E-state index contributed by atoms with van der Waals surface area (Å²) >= 11 is 6.25. The number of halogens is 1. The number of rotatable bonds is 9. The first-order chi connectivity index (χ1) is 14.8. The summed E-state index contributed by atoms with van der Waals surface area (Å²) in [4.78, 5) is 15.2. The number of anilines is 1. The number of nitrogens with zero attached hydrogens (tertiary/aromatic N) is 2. The van der Waals surface area contributed by atoms with E-state index in [0.29, 0.717) is 22.8 Å². The van der Waals surface area contributed by atoms with Gasteiger partial charge < -0.3 is 10.2 Å². The van der Waals surface area contributed by atoms with Crippen LogP contribution in [0.5, 0.6) is 0 Å². The molecule has 0 aromatic heterocycles. The zero-order valence-electron chi connectivity index (χ0n) is 18.1. The first kappa shape index (κ1) is 23.6. The molecule has 31 heavy (non-hydrogen) atoms. The standard InChI is InChI=1S/C23H30ClN3O3S/c1-18-9-11-20(12-10-18)31(29,30)27(22-8-5-7-21(24)19(22)2)17-23(28)25-13-6-16-26-14-3-4-15-26/h5,7-12H,3-4,6,13-17H2,1-2H3,(H,25,28). The van der Waals surface area contributed by atoms with E-state index in [4.69, 9.17) is 11.6 Å². The molecule has 0 bridgehead atoms. The highest BCUT2D eigenvalue weighted by Crippen LogP contribution is 2.30. The quantitative estimate of drug-likeness (QED) is 0.575. The van der Waals surface area contributed by atoms with E-state index in [1.807, 2.05) is 6.92 Å². The first-order valence-electron chi connectivity index (χ1n) is 10.6. The van der Waals surface area contributed by atoms with E-state index in [1.54, 1.807) is 49.4 Å². The lowest BCUT2D eigenvalue weighted by molar-refractivity contribution is -0.119. The van der Waals surface area contributed by atoms with Gasteiger partial charge in [-0.15, -0.1) is 0 Å². The number of amides is 1. The van der Waals surface area contributed by atoms with Gasteiger partial charge in [0.05, 0.1) is 10.6 Å². The molecule has 1 fully saturated rings. The molecule has 2 aromatic rings. The minimum atomic E-state index is -3.94. The summed E-state index contributed by atoms with van der Waals surface area (Å²) in [5.41, 5.74) is 1.97. The van der Waals surface area contributed by atoms with Gasteiger partial charge in [-0.2, -0.15) is 0 Å². The second-order valence-electron chi connectivity index (χ2n) is 7.96. The van der Waals surface area contributed by atoms with Crippen LogP contribution in [0.25, 0.3) is 0 Å². The van der Waals surface area contributed by atoms with Gasteiger partial charge in [-0.05, 0) is 82.6 Å². The van der Waals surface area contributed by atoms with Gasteiger partial charge in [0, 0.05) is 11.6 Å². The summed E-state index contributed by atoms with van der Waals surface area (Å²) in [6.45, 7) is 7.03. The molecule has 2 aromatic carbocycles. The van der Waals surface area contributed by atoms with Crippen LogP contribution in [0.1, 0.15) is 30.4 Å². The molecule has 0 radical (unpaired) electrons. The van der Waals surface area contributed by atoms with E-state index in [9.17, 15) is 13.2 Å². The summed E-state index contributed by atoms with van der Waals surface area (Å²) in [6.07, 6.45) is 3.31. The molecule has 1 amide bonds. The van der Waals surface area contributed by atoms with Crippen LogP contribution in [-0.2, 0) is 14.8 Å². The third-order valence-electron chi connectivity index (χ3n) is 5.58. The van der Waals surface area contributed by atoms with Crippen molar-refractivity contribution < 1.29 is 13.2 Å². The lowest BCUT2D eigenvalue weighted by Crippen LogP contribution is -2.41. The Balaban J connectivity index is 1.76. The van der Waals surface area contributed by atoms with Crippen LogP contribution in [0, 0.1) is 13.8 Å². The number of hydrogen-bond donors (Lipinski definition) is 1. The van der Waals surface area contributed by atoms with Crippen molar-refractivity contribution in [2.24, 2.45) is 0 Å². The minimum absolute atomic E-state index is 0.138. The average Bonchev–Trinajstić information content (AvgIpc) is 3.25. The predicted molar refractivity (Wildman–Crippen MR) is 125 cm³/mol. The Hall–Kier alpha value is -2.09. The number of benzene rings is 2. The van der Waals surface area contributed by atoms with Crippen molar-refractivity contribution in [1.82, 2.24) is 10.2 Å². The third kappa shape index (κ3) is 5.99. The molecular weight excluding hydrogens is 434 g/mol. The monoisotopic (exact) mass is 463 g/mol. The van der Waals surface area contributed by atoms with Gasteiger partial charge in [-0.25, -0.2) is 8.42 Å². The molecule has 168 valence electrons. The Morgan fingerprint density at radius 3 is 2.45 bits per heavy atom. The average molecular weight is 464 g/mol. The minimum Gasteiger partial charge on any atom is -0.354 e. The number of hydrogen-bond acceptors (Lipinski definition) is 4. The Labute approximate surface area is 190 Å². The number of nitrogens with one attached hydrogen (secondary N) is 1. The van der Waals surface area contributed by atoms with Gasteiger partial charge in [0.25, 0.3) is 10.0 Å². The summed E-state index contributed by atoms with van der Waals surface area (Å²) in [7, 11) is -3.94. The summed E-state index contributed by atoms with van der Waals surface area (Å²) in [5, 5.41) is 3.32. The van der Waals surface area contributed by atoms with Gasteiger partial charge in [0.1, 0.15) is 6.54 Å². The molecule has 1 aliphatic rings. The molecule has 0 aliphatic carbocycles. The smallest absolute Gasteiger partial charge is 0.264 e. The molecule has 0 unspecified atom stereocenters. The Morgan fingerprint density at radius 2 is 1.77 bits per heavy atom. The van der Waals surface area contributed by atoms with Crippen molar-refractivity contribution in [3.8, 4) is 0 Å². The molecule has 1 heterocycles. The van der Waals surface area contributed by atoms with Gasteiger partial charge in [-0.3, -0.25) is 9.10 Å². The SMILES string of the molecule is Cc1ccc(S(=O)(=O)N(CC(=O)NCCCN2CCCC2)c2cccc(Cl)c2C)cc1. The van der Waals surface area contributed by atoms with Crippen molar-refractivity contribution in [1.29, 1.82) is 0 Å². The molecule has 0 atom stereocenters. The van der Waals surface area contributed by atoms with Crippen molar-refractivity contribution in [2.45, 2.75) is 38.0 Å². The number of carbonyl (C=O) groups excluding carboxylic acids is 1. The van der Waals surface area contributed by atoms with Crippen LogP contribution in [0.2, 0.25) is 5.02 Å². The molecule has 1 saturated heterocycles. The van der Waals surface area contributed by atoms with Crippen molar-refractivity contribution in [3.63, 3.8) is 0 Å². The summed E-state index contributed by atoms with van der Waals surface area (Å²) in [6, 6.07) is 11.7. The van der Waals surface area contributed by atoms with Crippen LogP contribution < -0.4 is 9.62 Å². The molecule has 0 spiro atoms. The lowest BCUT2D eigenvalue weighted by atomic mass is 10.2. The van der Waals surface area contributed by atoms with Gasteiger partial charge >= 0.3 is 0 Å². The van der Waals surface area contributed by atoms with Gasteiger partial charge in [0.15, 0.2) is 0 Å². The van der Waals surface area contributed by atoms with Gasteiger partial charge in [-0.1, -0.05) is 35.4 Å². The van der Waals surface area contributed by atoms with Crippen molar-refractivity contribution >= 4 is 33.2 Å². The molecule has 6 nitrogen and oxygen atoms in total. The summed E-state index contributed by atoms with van der Waals surface area (Å²) in [5.74, 6) is -0.337. The Bertz CT molecular complexity index is 1000. The fraction of sp³-hybridized carbons (Fsp3) is 0.435. The Morgan fingerprint density at radius 1 is 1.10 bits per heavy atom. The Kier molecular flexibility index (Phi) is 7.97. The van der Waals surface area contributed by atoms with Crippen molar-refractivity contribution in [3.05, 3.63) is 58.6 Å². The van der Waals surface area contributed by atoms with E-state index in [-0.39, 0.29) is 17.3 Å². The van der Waals surface area contributed by atoms with E-state index < -0.39 is 10.0 Å². The molecular formula is C23H30ClN3O3S. The highest BCUT2D eigenvalue weighted by atomic mass is 35.5. The van der Waals surface area contributed by atoms with Crippen LogP contribution >= 0.6 is 11.6 Å². The van der Waals surface area contributed by atoms with Crippen molar-refractivity contribution in [2.75, 3.05) is 37.0 Å². The highest BCUT2D eigenvalue weighted by Gasteiger charge is 2.28. The maximum absolute atomic E-state index is 13.4. The fourth-order valence-corrected chi connectivity index (χ4v) is 5.37. The third-order valence-corrected chi connectivity index (χ3v) is 7.76. The van der Waals surface area contributed by atoms with E-state index >= 15 is 0 Å². The van der Waals surface area contributed by atoms with Crippen LogP contribution in [-0.4, -0.2) is 51.9 Å². The maximum atomic E-state index is 13.4. The zero-order valence-corrected chi connectivity index (χ0v) is 19.7. The second kappa shape index (κ2) is 10.5. The zero-order chi connectivity index (χ0) is 22.4. The number of aryl methyl sites for hydroxylation is 1. The van der Waals surface area contributed by atoms with E-state index in [1.165, 1.54) is 12.8 Å². The fourth-order valence-electron chi connectivity index (χ4n) is 3.73. The number of likely N-dealkylation sites (tertiary alicyclic amines) is 1. The highest BCUT2D eigenvalue weighted by molar-refractivity contribution is 7.92. The molecule has 8 heteroatoms. The second-order valence-corrected chi connectivity index (χ2v) is 10.2.